The Labute approximate surface area is 152 Å². The van der Waals surface area contributed by atoms with E-state index in [2.05, 4.69) is 4.98 Å². The van der Waals surface area contributed by atoms with Crippen molar-refractivity contribution >= 4 is 11.8 Å². The summed E-state index contributed by atoms with van der Waals surface area (Å²) in [5.41, 5.74) is 1.67. The molecule has 1 fully saturated rings. The van der Waals surface area contributed by atoms with Crippen LogP contribution in [0.2, 0.25) is 0 Å². The summed E-state index contributed by atoms with van der Waals surface area (Å²) in [5, 5.41) is 0. The molecule has 1 aromatic heterocycles. The van der Waals surface area contributed by atoms with E-state index in [1.54, 1.807) is 35.2 Å². The van der Waals surface area contributed by atoms with Crippen molar-refractivity contribution in [2.75, 3.05) is 13.6 Å². The molecule has 1 aliphatic rings. The van der Waals surface area contributed by atoms with Gasteiger partial charge in [0.2, 0.25) is 11.8 Å². The van der Waals surface area contributed by atoms with Crippen LogP contribution in [0.4, 0.5) is 4.39 Å². The quantitative estimate of drug-likeness (QED) is 0.829. The monoisotopic (exact) mass is 355 g/mol. The van der Waals surface area contributed by atoms with E-state index in [1.165, 1.54) is 12.1 Å². The van der Waals surface area contributed by atoms with Crippen molar-refractivity contribution in [2.45, 2.75) is 25.9 Å². The molecule has 2 aromatic rings. The van der Waals surface area contributed by atoms with Crippen molar-refractivity contribution in [2.24, 2.45) is 5.92 Å². The summed E-state index contributed by atoms with van der Waals surface area (Å²) in [6, 6.07) is 11.5. The molecule has 1 aromatic carbocycles. The third kappa shape index (κ3) is 3.90. The SMILES string of the molecule is CC(c1ccc(F)cc1)N(C)C(=O)C1CC(=O)N(Cc2ccccn2)C1. The lowest BCUT2D eigenvalue weighted by molar-refractivity contribution is -0.136. The fourth-order valence-electron chi connectivity index (χ4n) is 3.22. The van der Waals surface area contributed by atoms with Crippen LogP contribution in [0.5, 0.6) is 0 Å². The highest BCUT2D eigenvalue weighted by atomic mass is 19.1. The van der Waals surface area contributed by atoms with E-state index in [9.17, 15) is 14.0 Å². The number of benzene rings is 1. The molecular formula is C20H22FN3O2. The second kappa shape index (κ2) is 7.64. The average Bonchev–Trinajstić information content (AvgIpc) is 3.02. The van der Waals surface area contributed by atoms with Crippen molar-refractivity contribution in [3.63, 3.8) is 0 Å². The maximum atomic E-state index is 13.1. The van der Waals surface area contributed by atoms with Gasteiger partial charge in [-0.2, -0.15) is 0 Å². The Kier molecular flexibility index (Phi) is 5.30. The maximum absolute atomic E-state index is 13.1. The number of hydrogen-bond donors (Lipinski definition) is 0. The molecule has 26 heavy (non-hydrogen) atoms. The van der Waals surface area contributed by atoms with Crippen LogP contribution in [0, 0.1) is 11.7 Å². The highest BCUT2D eigenvalue weighted by Crippen LogP contribution is 2.26. The Morgan fingerprint density at radius 1 is 1.31 bits per heavy atom. The molecule has 2 amide bonds. The second-order valence-corrected chi connectivity index (χ2v) is 6.67. The van der Waals surface area contributed by atoms with Crippen LogP contribution in [0.25, 0.3) is 0 Å². The molecule has 0 aliphatic carbocycles. The van der Waals surface area contributed by atoms with Gasteiger partial charge in [0.05, 0.1) is 24.2 Å². The Hall–Kier alpha value is -2.76. The van der Waals surface area contributed by atoms with Gasteiger partial charge in [-0.15, -0.1) is 0 Å². The topological polar surface area (TPSA) is 53.5 Å². The number of rotatable bonds is 5. The number of nitrogens with zero attached hydrogens (tertiary/aromatic N) is 3. The summed E-state index contributed by atoms with van der Waals surface area (Å²) in [5.74, 6) is -0.767. The third-order valence-electron chi connectivity index (χ3n) is 4.92. The third-order valence-corrected chi connectivity index (χ3v) is 4.92. The van der Waals surface area contributed by atoms with Crippen LogP contribution in [-0.2, 0) is 16.1 Å². The van der Waals surface area contributed by atoms with Crippen LogP contribution in [0.3, 0.4) is 0 Å². The van der Waals surface area contributed by atoms with Crippen LogP contribution in [0.15, 0.2) is 48.7 Å². The summed E-state index contributed by atoms with van der Waals surface area (Å²) in [6.45, 7) is 2.71. The molecule has 2 atom stereocenters. The normalized spacial score (nSPS) is 18.0. The number of carbonyl (C=O) groups excluding carboxylic acids is 2. The molecule has 0 saturated carbocycles. The smallest absolute Gasteiger partial charge is 0.228 e. The van der Waals surface area contributed by atoms with Crippen molar-refractivity contribution in [3.05, 3.63) is 65.7 Å². The van der Waals surface area contributed by atoms with Gasteiger partial charge >= 0.3 is 0 Å². The lowest BCUT2D eigenvalue weighted by Gasteiger charge is -2.28. The summed E-state index contributed by atoms with van der Waals surface area (Å²) in [6.07, 6.45) is 1.91. The molecular weight excluding hydrogens is 333 g/mol. The van der Waals surface area contributed by atoms with Crippen molar-refractivity contribution in [1.82, 2.24) is 14.8 Å². The summed E-state index contributed by atoms with van der Waals surface area (Å²) in [4.78, 5) is 32.7. The highest BCUT2D eigenvalue weighted by Gasteiger charge is 2.36. The van der Waals surface area contributed by atoms with Crippen LogP contribution < -0.4 is 0 Å². The summed E-state index contributed by atoms with van der Waals surface area (Å²) >= 11 is 0. The van der Waals surface area contributed by atoms with Gasteiger partial charge in [0.15, 0.2) is 0 Å². The van der Waals surface area contributed by atoms with Gasteiger partial charge in [-0.25, -0.2) is 4.39 Å². The lowest BCUT2D eigenvalue weighted by atomic mass is 10.0. The molecule has 2 unspecified atom stereocenters. The van der Waals surface area contributed by atoms with Crippen LogP contribution >= 0.6 is 0 Å². The molecule has 0 bridgehead atoms. The maximum Gasteiger partial charge on any atom is 0.228 e. The van der Waals surface area contributed by atoms with E-state index in [-0.39, 0.29) is 36.0 Å². The molecule has 136 valence electrons. The molecule has 0 N–H and O–H groups in total. The molecule has 1 aliphatic heterocycles. The number of halogens is 1. The second-order valence-electron chi connectivity index (χ2n) is 6.67. The number of amides is 2. The molecule has 6 heteroatoms. The van der Waals surface area contributed by atoms with Gasteiger partial charge < -0.3 is 9.80 Å². The van der Waals surface area contributed by atoms with E-state index >= 15 is 0 Å². The van der Waals surface area contributed by atoms with Crippen molar-refractivity contribution in [1.29, 1.82) is 0 Å². The summed E-state index contributed by atoms with van der Waals surface area (Å²) in [7, 11) is 1.72. The standard InChI is InChI=1S/C20H22FN3O2/c1-14(15-6-8-17(21)9-7-15)23(2)20(26)16-11-19(25)24(12-16)13-18-5-3-4-10-22-18/h3-10,14,16H,11-13H2,1-2H3. The minimum absolute atomic E-state index is 0.0307. The number of carbonyl (C=O) groups is 2. The highest BCUT2D eigenvalue weighted by molar-refractivity contribution is 5.89. The minimum atomic E-state index is -0.362. The summed E-state index contributed by atoms with van der Waals surface area (Å²) < 4.78 is 13.1. The zero-order valence-corrected chi connectivity index (χ0v) is 14.9. The first kappa shape index (κ1) is 18.0. The van der Waals surface area contributed by atoms with Gasteiger partial charge in [0, 0.05) is 26.2 Å². The Bertz CT molecular complexity index is 779. The fraction of sp³-hybridized carbons (Fsp3) is 0.350. The van der Waals surface area contributed by atoms with Crippen molar-refractivity contribution in [3.8, 4) is 0 Å². The predicted octanol–water partition coefficient (Wildman–Crippen LogP) is 2.79. The van der Waals surface area contributed by atoms with E-state index in [0.29, 0.717) is 13.1 Å². The molecule has 2 heterocycles. The predicted molar refractivity (Wildman–Crippen MR) is 95.3 cm³/mol. The molecule has 1 saturated heterocycles. The fourth-order valence-corrected chi connectivity index (χ4v) is 3.22. The Morgan fingerprint density at radius 2 is 2.04 bits per heavy atom. The van der Waals surface area contributed by atoms with E-state index in [4.69, 9.17) is 0 Å². The first-order valence-corrected chi connectivity index (χ1v) is 8.65. The van der Waals surface area contributed by atoms with Gasteiger partial charge in [0.25, 0.3) is 0 Å². The van der Waals surface area contributed by atoms with Gasteiger partial charge in [-0.3, -0.25) is 14.6 Å². The number of likely N-dealkylation sites (tertiary alicyclic amines) is 1. The largest absolute Gasteiger partial charge is 0.339 e. The van der Waals surface area contributed by atoms with E-state index in [0.717, 1.165) is 11.3 Å². The molecule has 5 nitrogen and oxygen atoms in total. The number of pyridine rings is 1. The first-order chi connectivity index (χ1) is 12.5. The number of aromatic nitrogens is 1. The molecule has 3 rings (SSSR count). The first-order valence-electron chi connectivity index (χ1n) is 8.65. The lowest BCUT2D eigenvalue weighted by Crippen LogP contribution is -2.36. The Balaban J connectivity index is 1.64. The van der Waals surface area contributed by atoms with Gasteiger partial charge in [-0.1, -0.05) is 18.2 Å². The number of hydrogen-bond acceptors (Lipinski definition) is 3. The van der Waals surface area contributed by atoms with E-state index in [1.807, 2.05) is 25.1 Å². The average molecular weight is 355 g/mol. The zero-order valence-electron chi connectivity index (χ0n) is 14.9. The van der Waals surface area contributed by atoms with Crippen LogP contribution in [-0.4, -0.2) is 40.2 Å². The van der Waals surface area contributed by atoms with Crippen molar-refractivity contribution < 1.29 is 14.0 Å². The minimum Gasteiger partial charge on any atom is -0.339 e. The molecule has 0 spiro atoms. The van der Waals surface area contributed by atoms with Crippen LogP contribution in [0.1, 0.15) is 30.6 Å². The van der Waals surface area contributed by atoms with E-state index < -0.39 is 0 Å². The van der Waals surface area contributed by atoms with Gasteiger partial charge in [-0.05, 0) is 36.8 Å². The van der Waals surface area contributed by atoms with Gasteiger partial charge in [0.1, 0.15) is 5.82 Å². The Morgan fingerprint density at radius 3 is 2.69 bits per heavy atom. The zero-order chi connectivity index (χ0) is 18.7. The molecule has 0 radical (unpaired) electrons.